The fourth-order valence-electron chi connectivity index (χ4n) is 7.63. The van der Waals surface area contributed by atoms with Gasteiger partial charge in [-0.2, -0.15) is 0 Å². The predicted octanol–water partition coefficient (Wildman–Crippen LogP) is 3.68. The van der Waals surface area contributed by atoms with Crippen molar-refractivity contribution in [2.45, 2.75) is 99.3 Å². The number of aliphatic hydroxyl groups is 4. The van der Waals surface area contributed by atoms with Crippen molar-refractivity contribution in [3.63, 3.8) is 0 Å². The number of nitrogens with one attached hydrogen (secondary N) is 1. The van der Waals surface area contributed by atoms with E-state index in [0.717, 1.165) is 21.0 Å². The average molecular weight is 812 g/mol. The fraction of sp³-hybridized carbons (Fsp3) is 0.500. The number of methoxy groups -OCH3 is 1. The van der Waals surface area contributed by atoms with Gasteiger partial charge in [-0.05, 0) is 46.3 Å². The largest absolute Gasteiger partial charge is 0.505 e. The van der Waals surface area contributed by atoms with E-state index in [4.69, 9.17) is 23.7 Å². The molecule has 0 aromatic heterocycles. The van der Waals surface area contributed by atoms with Gasteiger partial charge in [0.15, 0.2) is 11.5 Å². The van der Waals surface area contributed by atoms with E-state index in [2.05, 4.69) is 5.32 Å². The van der Waals surface area contributed by atoms with Crippen LogP contribution in [0.2, 0.25) is 0 Å². The molecule has 0 radical (unpaired) electrons. The number of ether oxygens (including phenoxy) is 5. The number of rotatable bonds is 3. The minimum absolute atomic E-state index is 0.00972. The van der Waals surface area contributed by atoms with E-state index < -0.39 is 95.8 Å². The van der Waals surface area contributed by atoms with Crippen molar-refractivity contribution in [3.8, 4) is 11.5 Å². The van der Waals surface area contributed by atoms with Gasteiger partial charge in [0.05, 0.1) is 42.2 Å². The number of amides is 1. The van der Waals surface area contributed by atoms with E-state index in [1.807, 2.05) is 0 Å². The number of anilines is 1. The summed E-state index contributed by atoms with van der Waals surface area (Å²) in [7, 11) is 1.06. The van der Waals surface area contributed by atoms with Gasteiger partial charge in [-0.1, -0.05) is 39.0 Å². The highest BCUT2D eigenvalue weighted by atomic mass is 16.7. The first-order valence-electron chi connectivity index (χ1n) is 18.7. The number of allylic oxidation sites excluding steroid dienone is 5. The number of Topliss-reactive ketones (excluding diaryl/α,β-unsaturated/α-hetero) is 1. The Labute approximate surface area is 336 Å². The van der Waals surface area contributed by atoms with Gasteiger partial charge >= 0.3 is 17.9 Å². The number of hydrogen-bond donors (Lipinski definition) is 6. The first kappa shape index (κ1) is 45.4. The first-order valence-corrected chi connectivity index (χ1v) is 18.7. The summed E-state index contributed by atoms with van der Waals surface area (Å²) >= 11 is 0. The molecule has 4 aliphatic rings. The molecule has 1 unspecified atom stereocenters. The monoisotopic (exact) mass is 811 g/mol. The third-order valence-electron chi connectivity index (χ3n) is 10.9. The van der Waals surface area contributed by atoms with E-state index in [-0.39, 0.29) is 61.9 Å². The van der Waals surface area contributed by atoms with Crippen LogP contribution in [0.25, 0.3) is 5.57 Å². The molecule has 0 spiro atoms. The van der Waals surface area contributed by atoms with Gasteiger partial charge in [0.1, 0.15) is 34.9 Å². The van der Waals surface area contributed by atoms with Gasteiger partial charge < -0.3 is 54.5 Å². The van der Waals surface area contributed by atoms with Gasteiger partial charge in [-0.25, -0.2) is 0 Å². The molecule has 316 valence electrons. The lowest BCUT2D eigenvalue weighted by Gasteiger charge is -2.40. The second-order valence-electron chi connectivity index (χ2n) is 15.3. The SMILES string of the molecule is COC(=O)[C@@H]1[C@@H](O)[C@H](C)C(O)[C@H](C)/C=C\C=C(/C)C(=O)Nc2c(C)c(OC(C)=O)c3c(c2O)C(=O)C(C)=C2OCOC(=C23)/C(C)=C\[C@@](C)(O)[C@H](O)[C@@H](C)[C@H]1OC(C)=O. The molecule has 1 amide bonds. The lowest BCUT2D eigenvalue weighted by atomic mass is 9.75. The lowest BCUT2D eigenvalue weighted by Crippen LogP contribution is -2.54. The second-order valence-corrected chi connectivity index (χ2v) is 15.3. The third-order valence-corrected chi connectivity index (χ3v) is 10.9. The molecule has 1 aromatic carbocycles. The van der Waals surface area contributed by atoms with Crippen LogP contribution in [0.5, 0.6) is 11.5 Å². The minimum Gasteiger partial charge on any atom is -0.505 e. The number of hydrogen-bond acceptors (Lipinski definition) is 15. The molecule has 5 rings (SSSR count). The van der Waals surface area contributed by atoms with Crippen LogP contribution in [0, 0.1) is 30.6 Å². The topological polar surface area (TPSA) is 245 Å². The number of phenolic OH excluding ortho intramolecular Hbond substituents is 1. The summed E-state index contributed by atoms with van der Waals surface area (Å²) in [5, 5.41) is 61.2. The summed E-state index contributed by atoms with van der Waals surface area (Å²) in [6, 6.07) is 0. The Morgan fingerprint density at radius 3 is 2.10 bits per heavy atom. The Hall–Kier alpha value is -5.29. The first-order chi connectivity index (χ1) is 27.0. The zero-order valence-corrected chi connectivity index (χ0v) is 34.5. The molecule has 3 heterocycles. The van der Waals surface area contributed by atoms with Crippen LogP contribution in [0.3, 0.4) is 0 Å². The summed E-state index contributed by atoms with van der Waals surface area (Å²) in [6.07, 6.45) is -0.811. The van der Waals surface area contributed by atoms with E-state index in [1.54, 1.807) is 13.0 Å². The van der Waals surface area contributed by atoms with E-state index >= 15 is 0 Å². The van der Waals surface area contributed by atoms with E-state index in [0.29, 0.717) is 0 Å². The molecule has 1 aromatic rings. The lowest BCUT2D eigenvalue weighted by molar-refractivity contribution is -0.181. The number of aromatic hydroxyl groups is 1. The number of benzene rings is 1. The Morgan fingerprint density at radius 1 is 0.897 bits per heavy atom. The molecule has 16 nitrogen and oxygen atoms in total. The maximum absolute atomic E-state index is 14.0. The molecule has 6 N–H and O–H groups in total. The van der Waals surface area contributed by atoms with Crippen molar-refractivity contribution in [3.05, 3.63) is 69.2 Å². The number of esters is 3. The zero-order valence-electron chi connectivity index (χ0n) is 34.5. The van der Waals surface area contributed by atoms with Crippen LogP contribution in [0.4, 0.5) is 5.69 Å². The molecule has 1 aliphatic carbocycles. The van der Waals surface area contributed by atoms with E-state index in [1.165, 1.54) is 66.7 Å². The van der Waals surface area contributed by atoms with Crippen molar-refractivity contribution < 1.29 is 73.2 Å². The Bertz CT molecular complexity index is 2040. The highest BCUT2D eigenvalue weighted by molar-refractivity contribution is 6.21. The quantitative estimate of drug-likeness (QED) is 0.145. The van der Waals surface area contributed by atoms with Crippen molar-refractivity contribution in [1.82, 2.24) is 0 Å². The van der Waals surface area contributed by atoms with Gasteiger partial charge in [-0.3, -0.25) is 24.0 Å². The number of carbonyl (C=O) groups is 5. The summed E-state index contributed by atoms with van der Waals surface area (Å²) in [5.41, 5.74) is -2.49. The number of phenols is 1. The van der Waals surface area contributed by atoms with Crippen LogP contribution in [0.15, 0.2) is 52.5 Å². The normalized spacial score (nSPS) is 32.1. The zero-order chi connectivity index (χ0) is 43.7. The van der Waals surface area contributed by atoms with Crippen LogP contribution < -0.4 is 10.1 Å². The number of carbonyl (C=O) groups excluding carboxylic acids is 5. The molecule has 0 fully saturated rings. The fourth-order valence-corrected chi connectivity index (χ4v) is 7.63. The number of ketones is 1. The summed E-state index contributed by atoms with van der Waals surface area (Å²) in [5.74, 6) is -9.71. The molecule has 0 saturated carbocycles. The van der Waals surface area contributed by atoms with Crippen molar-refractivity contribution in [1.29, 1.82) is 0 Å². The molecule has 58 heavy (non-hydrogen) atoms. The van der Waals surface area contributed by atoms with Gasteiger partial charge in [0, 0.05) is 53.9 Å². The smallest absolute Gasteiger partial charge is 0.315 e. The summed E-state index contributed by atoms with van der Waals surface area (Å²) in [6.45, 7) is 13.4. The Kier molecular flexibility index (Phi) is 13.8. The highest BCUT2D eigenvalue weighted by Gasteiger charge is 2.49. The van der Waals surface area contributed by atoms with Gasteiger partial charge in [0.25, 0.3) is 5.91 Å². The Morgan fingerprint density at radius 2 is 1.52 bits per heavy atom. The molecular weight excluding hydrogens is 758 g/mol. The average Bonchev–Trinajstić information content (AvgIpc) is 3.16. The Balaban J connectivity index is 2.10. The summed E-state index contributed by atoms with van der Waals surface area (Å²) in [4.78, 5) is 66.1. The number of aliphatic hydroxyl groups excluding tert-OH is 3. The second kappa shape index (κ2) is 17.7. The van der Waals surface area contributed by atoms with E-state index in [9.17, 15) is 49.5 Å². The van der Waals surface area contributed by atoms with Crippen molar-refractivity contribution >= 4 is 40.9 Å². The number of fused-ring (bicyclic) bond motifs is 14. The molecule has 4 bridgehead atoms. The molecule has 0 saturated heterocycles. The molecule has 9 atom stereocenters. The van der Waals surface area contributed by atoms with Crippen molar-refractivity contribution in [2.24, 2.45) is 23.7 Å². The maximum atomic E-state index is 14.0. The van der Waals surface area contributed by atoms with Crippen molar-refractivity contribution in [2.75, 3.05) is 19.2 Å². The van der Waals surface area contributed by atoms with Gasteiger partial charge in [-0.15, -0.1) is 0 Å². The molecule has 16 heteroatoms. The predicted molar refractivity (Wildman–Crippen MR) is 208 cm³/mol. The standard InChI is InChI=1S/C42H53NO15/c1-17-13-12-14-18(2)40(51)43-30-20(4)37(57-24(8)44)26-27(34(30)49)33(48)22(6)36-28(26)35(55-16-56-36)19(3)15-42(10,53)39(50)23(7)38(58-25(9)45)29(41(52)54-11)32(47)21(5)31(17)46/h12-15,17,21,23,29,31-32,38-39,46-47,49-50,53H,16H2,1-11H3,(H,43,51)/b13-12-,18-14+,19-15-/t17-,21-,23+,29-,31?,32+,38-,39-,42-/m1/s1. The highest BCUT2D eigenvalue weighted by Crippen LogP contribution is 2.53. The minimum atomic E-state index is -2.22. The third kappa shape index (κ3) is 8.74. The summed E-state index contributed by atoms with van der Waals surface area (Å²) < 4.78 is 28.0. The van der Waals surface area contributed by atoms with Crippen LogP contribution in [-0.2, 0) is 38.1 Å². The van der Waals surface area contributed by atoms with Gasteiger partial charge in [0.2, 0.25) is 6.79 Å². The molecular formula is C42H53NO15. The van der Waals surface area contributed by atoms with Crippen LogP contribution >= 0.6 is 0 Å². The van der Waals surface area contributed by atoms with Crippen LogP contribution in [0.1, 0.15) is 83.8 Å². The molecule has 3 aliphatic heterocycles. The van der Waals surface area contributed by atoms with Crippen LogP contribution in [-0.4, -0.2) is 99.1 Å². The maximum Gasteiger partial charge on any atom is 0.315 e.